The van der Waals surface area contributed by atoms with Crippen LogP contribution in [0.25, 0.3) is 30.7 Å². The molecule has 2 aliphatic heterocycles. The molecule has 2 atom stereocenters. The molecule has 2 aromatic carbocycles. The zero-order valence-electron chi connectivity index (χ0n) is 26.8. The second kappa shape index (κ2) is 11.0. The van der Waals surface area contributed by atoms with Gasteiger partial charge in [-0.25, -0.2) is 0 Å². The number of rotatable bonds is 6. The Kier molecular flexibility index (Phi) is 7.49. The van der Waals surface area contributed by atoms with Crippen LogP contribution in [0.15, 0.2) is 119 Å². The van der Waals surface area contributed by atoms with E-state index in [1.54, 1.807) is 0 Å². The monoisotopic (exact) mass is 740 g/mol. The summed E-state index contributed by atoms with van der Waals surface area (Å²) in [4.78, 5) is 4.70. The number of allylic oxidation sites excluding steroid dienone is 4. The quantitative estimate of drug-likeness (QED) is 0.181. The summed E-state index contributed by atoms with van der Waals surface area (Å²) < 4.78 is 93.4. The average molecular weight is 741 g/mol. The molecule has 2 unspecified atom stereocenters. The van der Waals surface area contributed by atoms with E-state index >= 15 is 26.3 Å². The van der Waals surface area contributed by atoms with Gasteiger partial charge in [-0.3, -0.25) is 0 Å². The van der Waals surface area contributed by atoms with Gasteiger partial charge < -0.3 is 0 Å². The number of alkyl halides is 6. The van der Waals surface area contributed by atoms with E-state index in [1.807, 2.05) is 113 Å². The molecular formula is C39H30F6S4. The third kappa shape index (κ3) is 4.26. The minimum atomic E-state index is -5.60. The van der Waals surface area contributed by atoms with Crippen molar-refractivity contribution in [3.8, 4) is 20.9 Å². The van der Waals surface area contributed by atoms with Crippen LogP contribution in [-0.2, 0) is 0 Å². The van der Waals surface area contributed by atoms with Crippen LogP contribution >= 0.6 is 46.2 Å². The molecule has 1 saturated carbocycles. The van der Waals surface area contributed by atoms with Crippen molar-refractivity contribution < 1.29 is 26.3 Å². The summed E-state index contributed by atoms with van der Waals surface area (Å²) in [5, 5.41) is 0. The third-order valence-corrected chi connectivity index (χ3v) is 16.6. The van der Waals surface area contributed by atoms with Crippen molar-refractivity contribution >= 4 is 56.0 Å². The predicted octanol–water partition coefficient (Wildman–Crippen LogP) is 13.3. The number of halogens is 6. The molecule has 8 rings (SSSR count). The Labute approximate surface area is 297 Å². The van der Waals surface area contributed by atoms with Gasteiger partial charge in [-0.15, -0.1) is 46.2 Å². The molecule has 0 radical (unpaired) electrons. The first-order valence-electron chi connectivity index (χ1n) is 16.0. The highest BCUT2D eigenvalue weighted by molar-refractivity contribution is 8.14. The van der Waals surface area contributed by atoms with Gasteiger partial charge in [-0.05, 0) is 70.5 Å². The molecule has 0 saturated heterocycles. The average Bonchev–Trinajstić information content (AvgIpc) is 3.89. The summed E-state index contributed by atoms with van der Waals surface area (Å²) in [5.41, 5.74) is -0.664. The topological polar surface area (TPSA) is 0 Å². The number of thioether (sulfide) groups is 2. The van der Waals surface area contributed by atoms with Gasteiger partial charge in [-0.2, -0.15) is 26.3 Å². The van der Waals surface area contributed by atoms with E-state index in [1.165, 1.54) is 58.3 Å². The highest BCUT2D eigenvalue weighted by atomic mass is 32.2. The highest BCUT2D eigenvalue weighted by Gasteiger charge is 2.85. The van der Waals surface area contributed by atoms with Crippen LogP contribution in [0.3, 0.4) is 0 Å². The Balaban J connectivity index is 1.38. The van der Waals surface area contributed by atoms with Crippen molar-refractivity contribution in [1.29, 1.82) is 0 Å². The molecular weight excluding hydrogens is 711 g/mol. The minimum absolute atomic E-state index is 0.107. The van der Waals surface area contributed by atoms with Gasteiger partial charge in [0.2, 0.25) is 0 Å². The number of hydrogen-bond acceptors (Lipinski definition) is 4. The fourth-order valence-corrected chi connectivity index (χ4v) is 13.9. The second-order valence-electron chi connectivity index (χ2n) is 13.4. The van der Waals surface area contributed by atoms with Crippen LogP contribution in [0.1, 0.15) is 37.4 Å². The normalized spacial score (nSPS) is 26.3. The molecule has 4 aliphatic rings. The van der Waals surface area contributed by atoms with Crippen LogP contribution < -0.4 is 0 Å². The highest BCUT2D eigenvalue weighted by Crippen LogP contribution is 2.78. The lowest BCUT2D eigenvalue weighted by molar-refractivity contribution is -0.258. The Bertz CT molecular complexity index is 1970. The van der Waals surface area contributed by atoms with E-state index in [9.17, 15) is 0 Å². The SMILES string of the molecule is CC(C)C12SC(c3ccc(-c4ccccc4)s3)=CC1=C1C(=C3C=C(c4ccc(-c5ccccc5)s4)SC32C(C)C)C(F)(F)C(F)(F)C1(F)F. The Morgan fingerprint density at radius 3 is 1.16 bits per heavy atom. The lowest BCUT2D eigenvalue weighted by Crippen LogP contribution is -2.58. The van der Waals surface area contributed by atoms with Crippen molar-refractivity contribution in [2.45, 2.75) is 55.0 Å². The van der Waals surface area contributed by atoms with Gasteiger partial charge in [-0.1, -0.05) is 88.4 Å². The summed E-state index contributed by atoms with van der Waals surface area (Å²) in [6.45, 7) is 7.56. The van der Waals surface area contributed by atoms with Crippen molar-refractivity contribution in [3.63, 3.8) is 0 Å². The largest absolute Gasteiger partial charge is 0.380 e. The summed E-state index contributed by atoms with van der Waals surface area (Å²) in [6, 6.07) is 27.1. The molecule has 2 aromatic heterocycles. The van der Waals surface area contributed by atoms with Crippen LogP contribution in [0.4, 0.5) is 26.3 Å². The van der Waals surface area contributed by atoms with Gasteiger partial charge in [0.25, 0.3) is 0 Å². The number of thiophene rings is 2. The summed E-state index contributed by atoms with van der Waals surface area (Å²) in [7, 11) is 0. The molecule has 252 valence electrons. The molecule has 0 amide bonds. The number of fused-ring (bicyclic) bond motifs is 4. The Morgan fingerprint density at radius 1 is 0.469 bits per heavy atom. The lowest BCUT2D eigenvalue weighted by Gasteiger charge is -2.55. The van der Waals surface area contributed by atoms with E-state index < -0.39 is 50.2 Å². The van der Waals surface area contributed by atoms with E-state index in [0.29, 0.717) is 9.81 Å². The van der Waals surface area contributed by atoms with Crippen LogP contribution in [0.5, 0.6) is 0 Å². The van der Waals surface area contributed by atoms with Gasteiger partial charge in [0.15, 0.2) is 0 Å². The molecule has 10 heteroatoms. The summed E-state index contributed by atoms with van der Waals surface area (Å²) in [6.07, 6.45) is 3.04. The van der Waals surface area contributed by atoms with Crippen LogP contribution in [0, 0.1) is 11.8 Å². The van der Waals surface area contributed by atoms with E-state index in [0.717, 1.165) is 30.6 Å². The smallest absolute Gasteiger partial charge is 0.194 e. The molecule has 0 spiro atoms. The van der Waals surface area contributed by atoms with Gasteiger partial charge in [0.1, 0.15) is 0 Å². The first-order valence-corrected chi connectivity index (χ1v) is 19.2. The second-order valence-corrected chi connectivity index (χ2v) is 18.1. The first-order chi connectivity index (χ1) is 23.2. The third-order valence-electron chi connectivity index (χ3n) is 10.1. The van der Waals surface area contributed by atoms with Crippen molar-refractivity contribution in [3.05, 3.63) is 129 Å². The molecule has 0 bridgehead atoms. The maximum Gasteiger partial charge on any atom is 0.380 e. The standard InChI is InChI=1S/C39H30F6S4/c1-21(2)35-25(19-31(48-35)29-17-15-27(46-29)23-11-7-5-8-12-23)33-34(38(42,43)39(44,45)37(33,40)41)26-20-32(49-36(26,35)22(3)4)30-18-16-28(47-30)24-13-9-6-10-14-24/h5-22H,1-4H3. The predicted molar refractivity (Wildman–Crippen MR) is 195 cm³/mol. The Hall–Kier alpha value is -2.92. The van der Waals surface area contributed by atoms with Crippen molar-refractivity contribution in [2.75, 3.05) is 0 Å². The molecule has 1 fully saturated rings. The fourth-order valence-electron chi connectivity index (χ4n) is 7.91. The Morgan fingerprint density at radius 2 is 0.816 bits per heavy atom. The van der Waals surface area contributed by atoms with Gasteiger partial charge >= 0.3 is 17.8 Å². The van der Waals surface area contributed by atoms with Crippen molar-refractivity contribution in [1.82, 2.24) is 0 Å². The molecule has 4 aromatic rings. The van der Waals surface area contributed by atoms with Crippen LogP contribution in [-0.4, -0.2) is 27.3 Å². The van der Waals surface area contributed by atoms with Crippen molar-refractivity contribution in [2.24, 2.45) is 11.8 Å². The van der Waals surface area contributed by atoms with Crippen LogP contribution in [0.2, 0.25) is 0 Å². The van der Waals surface area contributed by atoms with E-state index in [-0.39, 0.29) is 11.1 Å². The molecule has 4 heterocycles. The summed E-state index contributed by atoms with van der Waals surface area (Å²) >= 11 is 5.67. The molecule has 2 aliphatic carbocycles. The summed E-state index contributed by atoms with van der Waals surface area (Å²) in [5.74, 6) is -16.6. The minimum Gasteiger partial charge on any atom is -0.194 e. The lowest BCUT2D eigenvalue weighted by atomic mass is 9.62. The first kappa shape index (κ1) is 33.2. The van der Waals surface area contributed by atoms with Gasteiger partial charge in [0.05, 0.1) is 9.49 Å². The zero-order valence-corrected chi connectivity index (χ0v) is 30.1. The maximum atomic E-state index is 16.2. The number of hydrogen-bond donors (Lipinski definition) is 0. The molecule has 49 heavy (non-hydrogen) atoms. The molecule has 0 nitrogen and oxygen atoms in total. The maximum absolute atomic E-state index is 16.2. The zero-order chi connectivity index (χ0) is 34.7. The number of benzene rings is 2. The van der Waals surface area contributed by atoms with E-state index in [2.05, 4.69) is 0 Å². The molecule has 0 N–H and O–H groups in total. The van der Waals surface area contributed by atoms with E-state index in [4.69, 9.17) is 0 Å². The fraction of sp³-hybridized carbons (Fsp3) is 0.282. The van der Waals surface area contributed by atoms with Gasteiger partial charge in [0, 0.05) is 40.5 Å².